The molecule has 0 aliphatic carbocycles. The summed E-state index contributed by atoms with van der Waals surface area (Å²) in [5.74, 6) is -1.51. The Hall–Kier alpha value is -4.71. The average Bonchev–Trinajstić information content (AvgIpc) is 3.65. The summed E-state index contributed by atoms with van der Waals surface area (Å²) < 4.78 is 26.3. The molecule has 4 N–H and O–H groups in total. The Morgan fingerprint density at radius 2 is 0.831 bits per heavy atom. The molecule has 2 aliphatic rings. The number of aromatic carboxylic acids is 2. The van der Waals surface area contributed by atoms with Crippen LogP contribution in [0.4, 0.5) is 11.5 Å². The van der Waals surface area contributed by atoms with Crippen LogP contribution in [-0.4, -0.2) is 75.6 Å². The molecular formula is C53H60B2I3N3O10. The molecule has 18 heteroatoms. The van der Waals surface area contributed by atoms with E-state index in [0.29, 0.717) is 28.1 Å². The maximum absolute atomic E-state index is 12.2. The Morgan fingerprint density at radius 3 is 1.18 bits per heavy atom. The van der Waals surface area contributed by atoms with Crippen molar-refractivity contribution < 1.29 is 48.0 Å². The molecule has 0 radical (unpaired) electrons. The number of carbonyl (C=O) groups is 4. The van der Waals surface area contributed by atoms with Crippen LogP contribution in [0.2, 0.25) is 6.82 Å². The van der Waals surface area contributed by atoms with Crippen molar-refractivity contribution in [3.8, 4) is 0 Å². The molecule has 374 valence electrons. The molecule has 8 rings (SSSR count). The Labute approximate surface area is 459 Å². The highest BCUT2D eigenvalue weighted by Crippen LogP contribution is 2.37. The van der Waals surface area contributed by atoms with Crippen LogP contribution in [-0.2, 0) is 18.6 Å². The molecule has 2 saturated heterocycles. The second-order valence-electron chi connectivity index (χ2n) is 17.7. The number of carboxylic acid groups (broad SMARTS) is 2. The second kappa shape index (κ2) is 27.4. The van der Waals surface area contributed by atoms with Gasteiger partial charge in [0.25, 0.3) is 11.8 Å². The van der Waals surface area contributed by atoms with Crippen molar-refractivity contribution in [3.63, 3.8) is 0 Å². The lowest BCUT2D eigenvalue weighted by molar-refractivity contribution is 0.00578. The van der Waals surface area contributed by atoms with Gasteiger partial charge in [-0.05, 0) is 245 Å². The van der Waals surface area contributed by atoms with Gasteiger partial charge < -0.3 is 39.5 Å². The number of nitrogens with zero attached hydrogens (tertiary/aromatic N) is 1. The van der Waals surface area contributed by atoms with E-state index in [1.54, 1.807) is 79.0 Å². The number of aromatic nitrogens is 1. The summed E-state index contributed by atoms with van der Waals surface area (Å²) in [5, 5.41) is 22.5. The lowest BCUT2D eigenvalue weighted by atomic mass is 9.79. The standard InChI is InChI=1S/C18H21BN2O3.C13H10INO.C7H15BO2.2C7H5IO2.CH4/c1-17(2)18(3,4)24-19(23-17)14-10-8-13(9-11-14)16(22)21-15-7-5-6-12-20-15;14-11-8-6-10(7-9-11)13(16)15-12-4-2-1-3-5-12;1-6(2)7(3,4)10-8(5)9-6;2*8-6-3-1-5(2-4-6)7(9)10;/h5-12H,1-4H3,(H,20,21,22);1-9H,(H,15,16);1-5H3;2*1-4H,(H,9,10);1H4. The molecule has 2 aliphatic heterocycles. The first-order chi connectivity index (χ1) is 32.8. The minimum Gasteiger partial charge on any atom is -0.478 e. The van der Waals surface area contributed by atoms with E-state index in [2.05, 4.69) is 111 Å². The highest BCUT2D eigenvalue weighted by molar-refractivity contribution is 14.1. The van der Waals surface area contributed by atoms with Crippen molar-refractivity contribution in [1.82, 2.24) is 4.98 Å². The van der Waals surface area contributed by atoms with Gasteiger partial charge in [-0.1, -0.05) is 43.8 Å². The minimum absolute atomic E-state index is 0. The van der Waals surface area contributed by atoms with E-state index in [4.69, 9.17) is 28.8 Å². The molecule has 1 aromatic heterocycles. The van der Waals surface area contributed by atoms with E-state index in [1.807, 2.05) is 107 Å². The van der Waals surface area contributed by atoms with Gasteiger partial charge in [0.2, 0.25) is 0 Å². The number of pyridine rings is 1. The minimum atomic E-state index is -0.878. The fraction of sp³-hybridized carbons (Fsp3) is 0.264. The summed E-state index contributed by atoms with van der Waals surface area (Å²) in [6.45, 7) is 18.2. The summed E-state index contributed by atoms with van der Waals surface area (Å²) in [6.07, 6.45) is 1.64. The molecule has 71 heavy (non-hydrogen) atoms. The van der Waals surface area contributed by atoms with Gasteiger partial charge in [0, 0.05) is 33.7 Å². The van der Waals surface area contributed by atoms with Gasteiger partial charge in [0.05, 0.1) is 33.5 Å². The Bertz CT molecular complexity index is 2560. The van der Waals surface area contributed by atoms with Crippen molar-refractivity contribution in [1.29, 1.82) is 0 Å². The van der Waals surface area contributed by atoms with Crippen LogP contribution >= 0.6 is 67.8 Å². The normalized spacial score (nSPS) is 15.2. The zero-order chi connectivity index (χ0) is 51.9. The molecule has 0 saturated carbocycles. The Balaban J connectivity index is 0.000000247. The van der Waals surface area contributed by atoms with Crippen LogP contribution in [0.15, 0.2) is 152 Å². The summed E-state index contributed by atoms with van der Waals surface area (Å²) in [5.41, 5.74) is 2.51. The van der Waals surface area contributed by atoms with E-state index >= 15 is 0 Å². The Kier molecular flexibility index (Phi) is 23.4. The summed E-state index contributed by atoms with van der Waals surface area (Å²) >= 11 is 6.47. The van der Waals surface area contributed by atoms with Crippen molar-refractivity contribution in [3.05, 3.63) is 185 Å². The van der Waals surface area contributed by atoms with Crippen LogP contribution in [0.5, 0.6) is 0 Å². The van der Waals surface area contributed by atoms with Crippen LogP contribution in [0.25, 0.3) is 0 Å². The SMILES string of the molecule is C.CB1OC(C)(C)C(C)(C)O1.CC1(C)OB(c2ccc(C(=O)Nc3ccccn3)cc2)OC1(C)C.O=C(Nc1ccccc1)c1ccc(I)cc1.O=C(O)c1ccc(I)cc1.O=C(O)c1ccc(I)cc1. The number of halogens is 3. The Morgan fingerprint density at radius 1 is 0.479 bits per heavy atom. The highest BCUT2D eigenvalue weighted by atomic mass is 127. The molecule has 2 fully saturated rings. The van der Waals surface area contributed by atoms with Gasteiger partial charge in [0.1, 0.15) is 5.82 Å². The smallest absolute Gasteiger partial charge is 0.478 e. The van der Waals surface area contributed by atoms with Gasteiger partial charge in [-0.3, -0.25) is 9.59 Å². The molecule has 2 amide bonds. The third-order valence-corrected chi connectivity index (χ3v) is 13.5. The van der Waals surface area contributed by atoms with Crippen LogP contribution < -0.4 is 16.1 Å². The zero-order valence-electron chi connectivity index (χ0n) is 40.3. The maximum atomic E-state index is 12.2. The highest BCUT2D eigenvalue weighted by Gasteiger charge is 2.52. The third kappa shape index (κ3) is 19.0. The van der Waals surface area contributed by atoms with E-state index in [1.165, 1.54) is 0 Å². The van der Waals surface area contributed by atoms with Crippen molar-refractivity contribution in [2.45, 2.75) is 92.0 Å². The molecule has 6 aromatic rings. The molecule has 0 bridgehead atoms. The van der Waals surface area contributed by atoms with Crippen molar-refractivity contribution >= 4 is 123 Å². The van der Waals surface area contributed by atoms with E-state index in [9.17, 15) is 19.2 Å². The summed E-state index contributed by atoms with van der Waals surface area (Å²) in [6, 6.07) is 42.9. The first kappa shape index (κ1) is 60.6. The van der Waals surface area contributed by atoms with Crippen LogP contribution in [0.1, 0.15) is 104 Å². The first-order valence-corrected chi connectivity index (χ1v) is 25.2. The predicted octanol–water partition coefficient (Wildman–Crippen LogP) is 12.5. The number of hydrogen-bond acceptors (Lipinski definition) is 9. The molecule has 5 aromatic carbocycles. The second-order valence-corrected chi connectivity index (χ2v) is 21.4. The number of nitrogens with one attached hydrogen (secondary N) is 2. The van der Waals surface area contributed by atoms with Crippen molar-refractivity contribution in [2.24, 2.45) is 0 Å². The molecule has 0 spiro atoms. The number of carboxylic acids is 2. The van der Waals surface area contributed by atoms with Gasteiger partial charge in [-0.25, -0.2) is 14.6 Å². The molecule has 0 unspecified atom stereocenters. The number of carbonyl (C=O) groups excluding carboxylic acids is 2. The van der Waals surface area contributed by atoms with Crippen LogP contribution in [0.3, 0.4) is 0 Å². The van der Waals surface area contributed by atoms with Crippen LogP contribution in [0, 0.1) is 10.7 Å². The fourth-order valence-corrected chi connectivity index (χ4v) is 7.12. The molecule has 0 atom stereocenters. The largest absolute Gasteiger partial charge is 0.494 e. The number of benzene rings is 5. The van der Waals surface area contributed by atoms with Gasteiger partial charge >= 0.3 is 26.2 Å². The van der Waals surface area contributed by atoms with Gasteiger partial charge in [-0.15, -0.1) is 0 Å². The molecule has 13 nitrogen and oxygen atoms in total. The van der Waals surface area contributed by atoms with Crippen molar-refractivity contribution in [2.75, 3.05) is 10.6 Å². The lowest BCUT2D eigenvalue weighted by Crippen LogP contribution is -2.41. The zero-order valence-corrected chi connectivity index (χ0v) is 46.8. The lowest BCUT2D eigenvalue weighted by Gasteiger charge is -2.32. The van der Waals surface area contributed by atoms with E-state index in [0.717, 1.165) is 21.9 Å². The third-order valence-electron chi connectivity index (χ3n) is 11.3. The molecular weight excluding hydrogens is 1240 g/mol. The average molecular weight is 1300 g/mol. The summed E-state index contributed by atoms with van der Waals surface area (Å²) in [7, 11) is -0.493. The summed E-state index contributed by atoms with van der Waals surface area (Å²) in [4.78, 5) is 48.8. The first-order valence-electron chi connectivity index (χ1n) is 21.9. The maximum Gasteiger partial charge on any atom is 0.494 e. The quantitative estimate of drug-likeness (QED) is 0.0882. The fourth-order valence-electron chi connectivity index (χ4n) is 6.04. The number of rotatable bonds is 7. The molecule has 3 heterocycles. The number of para-hydroxylation sites is 1. The van der Waals surface area contributed by atoms with E-state index in [-0.39, 0.29) is 48.8 Å². The monoisotopic (exact) mass is 1300 g/mol. The van der Waals surface area contributed by atoms with E-state index < -0.39 is 19.1 Å². The van der Waals surface area contributed by atoms with Gasteiger partial charge in [-0.2, -0.15) is 0 Å². The predicted molar refractivity (Wildman–Crippen MR) is 309 cm³/mol. The topological polar surface area (TPSA) is 183 Å². The number of amides is 2. The number of anilines is 2. The van der Waals surface area contributed by atoms with Gasteiger partial charge in [0.15, 0.2) is 0 Å². The number of hydrogen-bond donors (Lipinski definition) is 4.